The van der Waals surface area contributed by atoms with Crippen LogP contribution >= 0.6 is 22.6 Å². The molecule has 0 aliphatic heterocycles. The molecule has 3 nitrogen and oxygen atoms in total. The maximum atomic E-state index is 11.6. The summed E-state index contributed by atoms with van der Waals surface area (Å²) in [4.78, 5) is 16.6. The lowest BCUT2D eigenvalue weighted by Crippen LogP contribution is -2.31. The first-order valence-corrected chi connectivity index (χ1v) is 5.85. The lowest BCUT2D eigenvalue weighted by Gasteiger charge is -2.18. The highest BCUT2D eigenvalue weighted by molar-refractivity contribution is 14.1. The summed E-state index contributed by atoms with van der Waals surface area (Å²) in [6.45, 7) is 3.80. The maximum absolute atomic E-state index is 11.6. The zero-order valence-electron chi connectivity index (χ0n) is 8.79. The molecule has 0 heterocycles. The summed E-state index contributed by atoms with van der Waals surface area (Å²) in [5.74, 6) is -0.255. The molecule has 82 valence electrons. The third-order valence-electron chi connectivity index (χ3n) is 2.12. The van der Waals surface area contributed by atoms with Crippen molar-refractivity contribution in [2.75, 3.05) is 5.48 Å². The molecule has 1 atom stereocenters. The van der Waals surface area contributed by atoms with Gasteiger partial charge in [-0.05, 0) is 25.5 Å². The number of carbonyl (C=O) groups excluding carboxylic acids is 1. The van der Waals surface area contributed by atoms with Gasteiger partial charge < -0.3 is 4.84 Å². The zero-order chi connectivity index (χ0) is 11.3. The Morgan fingerprint density at radius 1 is 1.47 bits per heavy atom. The highest BCUT2D eigenvalue weighted by Crippen LogP contribution is 2.23. The van der Waals surface area contributed by atoms with Crippen LogP contribution < -0.4 is 5.48 Å². The van der Waals surface area contributed by atoms with Crippen LogP contribution in [-0.2, 0) is 9.63 Å². The van der Waals surface area contributed by atoms with Gasteiger partial charge in [0.05, 0.1) is 5.69 Å². The Labute approximate surface area is 103 Å². The molecule has 0 aliphatic carbocycles. The summed E-state index contributed by atoms with van der Waals surface area (Å²) in [7, 11) is 0. The Morgan fingerprint density at radius 2 is 2.07 bits per heavy atom. The summed E-state index contributed by atoms with van der Waals surface area (Å²) in [6.07, 6.45) is 0.739. The van der Waals surface area contributed by atoms with E-state index in [4.69, 9.17) is 4.84 Å². The monoisotopic (exact) mass is 319 g/mol. The Hall–Kier alpha value is -0.780. The highest BCUT2D eigenvalue weighted by atomic mass is 127. The summed E-state index contributed by atoms with van der Waals surface area (Å²) in [5, 5.41) is 0. The first kappa shape index (κ1) is 12.3. The number of anilines is 1. The van der Waals surface area contributed by atoms with E-state index in [2.05, 4.69) is 28.1 Å². The van der Waals surface area contributed by atoms with Gasteiger partial charge in [-0.15, -0.1) is 0 Å². The summed E-state index contributed by atoms with van der Waals surface area (Å²) >= 11 is 2.09. The van der Waals surface area contributed by atoms with Crippen molar-refractivity contribution in [3.63, 3.8) is 0 Å². The second-order valence-corrected chi connectivity index (χ2v) is 5.79. The topological polar surface area (TPSA) is 38.3 Å². The predicted octanol–water partition coefficient (Wildman–Crippen LogP) is 3.16. The second-order valence-electron chi connectivity index (χ2n) is 3.41. The molecule has 0 spiro atoms. The molecule has 1 aromatic carbocycles. The molecule has 1 rings (SSSR count). The zero-order valence-corrected chi connectivity index (χ0v) is 10.9. The smallest absolute Gasteiger partial charge is 0.342 e. The molecule has 1 N–H and O–H groups in total. The lowest BCUT2D eigenvalue weighted by molar-refractivity contribution is -0.142. The minimum atomic E-state index is -0.473. The fourth-order valence-corrected chi connectivity index (χ4v) is 0.972. The quantitative estimate of drug-likeness (QED) is 0.526. The molecular formula is C11H14INO2. The fraction of sp³-hybridized carbons (Fsp3) is 0.364. The minimum absolute atomic E-state index is 0.255. The molecule has 1 aromatic rings. The van der Waals surface area contributed by atoms with E-state index in [1.807, 2.05) is 44.2 Å². The van der Waals surface area contributed by atoms with Crippen LogP contribution in [0, 0.1) is 0 Å². The van der Waals surface area contributed by atoms with Gasteiger partial charge in [0.1, 0.15) is 3.42 Å². The number of hydrogen-bond donors (Lipinski definition) is 1. The van der Waals surface area contributed by atoms with Gasteiger partial charge in [-0.3, -0.25) is 0 Å². The predicted molar refractivity (Wildman–Crippen MR) is 68.9 cm³/mol. The molecule has 1 unspecified atom stereocenters. The molecule has 0 aromatic heterocycles. The van der Waals surface area contributed by atoms with Crippen molar-refractivity contribution in [3.8, 4) is 0 Å². The van der Waals surface area contributed by atoms with Crippen molar-refractivity contribution in [1.82, 2.24) is 0 Å². The maximum Gasteiger partial charge on any atom is 0.347 e. The molecule has 4 heteroatoms. The number of alkyl halides is 1. The van der Waals surface area contributed by atoms with Crippen molar-refractivity contribution in [3.05, 3.63) is 30.3 Å². The number of benzene rings is 1. The third-order valence-corrected chi connectivity index (χ3v) is 3.33. The van der Waals surface area contributed by atoms with Gasteiger partial charge >= 0.3 is 5.97 Å². The van der Waals surface area contributed by atoms with Gasteiger partial charge in [-0.1, -0.05) is 47.7 Å². The van der Waals surface area contributed by atoms with Crippen LogP contribution in [0.5, 0.6) is 0 Å². The van der Waals surface area contributed by atoms with E-state index in [0.717, 1.165) is 12.1 Å². The SMILES string of the molecule is CCC(C)(I)C(=O)ONc1ccccc1. The van der Waals surface area contributed by atoms with Gasteiger partial charge in [0.2, 0.25) is 0 Å². The first-order valence-electron chi connectivity index (χ1n) is 4.77. The van der Waals surface area contributed by atoms with Gasteiger partial charge in [0, 0.05) is 0 Å². The number of para-hydroxylation sites is 1. The van der Waals surface area contributed by atoms with Crippen molar-refractivity contribution in [2.45, 2.75) is 23.7 Å². The van der Waals surface area contributed by atoms with Crippen molar-refractivity contribution in [2.24, 2.45) is 0 Å². The normalized spacial score (nSPS) is 14.1. The lowest BCUT2D eigenvalue weighted by atomic mass is 10.1. The van der Waals surface area contributed by atoms with Gasteiger partial charge in [-0.2, -0.15) is 0 Å². The van der Waals surface area contributed by atoms with Gasteiger partial charge in [0.25, 0.3) is 0 Å². The van der Waals surface area contributed by atoms with E-state index >= 15 is 0 Å². The van der Waals surface area contributed by atoms with Crippen molar-refractivity contribution >= 4 is 34.2 Å². The van der Waals surface area contributed by atoms with Gasteiger partial charge in [0.15, 0.2) is 0 Å². The number of hydrogen-bond acceptors (Lipinski definition) is 3. The highest BCUT2D eigenvalue weighted by Gasteiger charge is 2.29. The fourth-order valence-electron chi connectivity index (χ4n) is 0.862. The molecule has 0 aliphatic rings. The van der Waals surface area contributed by atoms with Crippen molar-refractivity contribution in [1.29, 1.82) is 0 Å². The average Bonchev–Trinajstić information content (AvgIpc) is 2.27. The Morgan fingerprint density at radius 3 is 2.60 bits per heavy atom. The molecule has 0 saturated carbocycles. The van der Waals surface area contributed by atoms with Crippen LogP contribution in [-0.4, -0.2) is 9.39 Å². The van der Waals surface area contributed by atoms with Crippen LogP contribution in [0.3, 0.4) is 0 Å². The van der Waals surface area contributed by atoms with E-state index in [1.165, 1.54) is 0 Å². The Balaban J connectivity index is 2.48. The summed E-state index contributed by atoms with van der Waals surface area (Å²) in [5.41, 5.74) is 3.40. The van der Waals surface area contributed by atoms with Crippen molar-refractivity contribution < 1.29 is 9.63 Å². The van der Waals surface area contributed by atoms with Gasteiger partial charge in [-0.25, -0.2) is 10.3 Å². The molecule has 0 bridgehead atoms. The summed E-state index contributed by atoms with van der Waals surface area (Å²) < 4.78 is -0.473. The molecule has 0 saturated heterocycles. The molecule has 0 fully saturated rings. The van der Waals surface area contributed by atoms with E-state index in [1.54, 1.807) is 0 Å². The molecule has 0 amide bonds. The third kappa shape index (κ3) is 3.70. The van der Waals surface area contributed by atoms with E-state index in [-0.39, 0.29) is 5.97 Å². The van der Waals surface area contributed by atoms with Crippen LogP contribution in [0.2, 0.25) is 0 Å². The molecule has 15 heavy (non-hydrogen) atoms. The Kier molecular flexibility index (Phi) is 4.38. The number of rotatable bonds is 4. The van der Waals surface area contributed by atoms with Crippen LogP contribution in [0.25, 0.3) is 0 Å². The standard InChI is InChI=1S/C11H14INO2/c1-3-11(2,12)10(14)15-13-9-7-5-4-6-8-9/h4-8,13H,3H2,1-2H3. The first-order chi connectivity index (χ1) is 7.06. The summed E-state index contributed by atoms with van der Waals surface area (Å²) in [6, 6.07) is 9.33. The van der Waals surface area contributed by atoms with Crippen LogP contribution in [0.4, 0.5) is 5.69 Å². The molecule has 0 radical (unpaired) electrons. The van der Waals surface area contributed by atoms with Crippen LogP contribution in [0.15, 0.2) is 30.3 Å². The number of carbonyl (C=O) groups is 1. The largest absolute Gasteiger partial charge is 0.347 e. The minimum Gasteiger partial charge on any atom is -0.342 e. The van der Waals surface area contributed by atoms with Crippen LogP contribution in [0.1, 0.15) is 20.3 Å². The van der Waals surface area contributed by atoms with E-state index in [0.29, 0.717) is 0 Å². The molecular weight excluding hydrogens is 305 g/mol. The van der Waals surface area contributed by atoms with E-state index in [9.17, 15) is 4.79 Å². The number of halogens is 1. The second kappa shape index (κ2) is 5.34. The number of nitrogens with one attached hydrogen (secondary N) is 1. The van der Waals surface area contributed by atoms with E-state index < -0.39 is 3.42 Å². The Bertz CT molecular complexity index is 325. The average molecular weight is 319 g/mol.